The Bertz CT molecular complexity index is 284. The van der Waals surface area contributed by atoms with Crippen LogP contribution in [0.5, 0.6) is 0 Å². The maximum absolute atomic E-state index is 11.3. The molecule has 0 fully saturated rings. The van der Waals surface area contributed by atoms with Crippen LogP contribution in [0.15, 0.2) is 11.6 Å². The fourth-order valence-corrected chi connectivity index (χ4v) is 1.60. The lowest BCUT2D eigenvalue weighted by atomic mass is 10.3. The zero-order valence-corrected chi connectivity index (χ0v) is 9.47. The van der Waals surface area contributed by atoms with E-state index in [0.717, 1.165) is 5.01 Å². The van der Waals surface area contributed by atoms with E-state index in [9.17, 15) is 4.79 Å². The molecule has 0 aliphatic carbocycles. The van der Waals surface area contributed by atoms with Crippen molar-refractivity contribution in [3.8, 4) is 0 Å². The lowest BCUT2D eigenvalue weighted by Crippen LogP contribution is -2.34. The Morgan fingerprint density at radius 3 is 2.93 bits per heavy atom. The number of hydrogen-bond acceptors (Lipinski definition) is 4. The van der Waals surface area contributed by atoms with Crippen molar-refractivity contribution < 1.29 is 4.79 Å². The second kappa shape index (κ2) is 5.07. The summed E-state index contributed by atoms with van der Waals surface area (Å²) < 4.78 is 0. The van der Waals surface area contributed by atoms with Crippen LogP contribution in [-0.2, 0) is 4.79 Å². The molecule has 1 amide bonds. The van der Waals surface area contributed by atoms with Gasteiger partial charge in [-0.15, -0.1) is 11.3 Å². The maximum atomic E-state index is 11.3. The lowest BCUT2D eigenvalue weighted by Gasteiger charge is -2.14. The molecular weight excluding hydrogens is 198 g/mol. The van der Waals surface area contributed by atoms with Gasteiger partial charge in [-0.2, -0.15) is 0 Å². The highest BCUT2D eigenvalue weighted by atomic mass is 32.1. The highest BCUT2D eigenvalue weighted by Crippen LogP contribution is 2.13. The predicted molar refractivity (Wildman–Crippen MR) is 57.2 cm³/mol. The van der Waals surface area contributed by atoms with Crippen LogP contribution in [0.3, 0.4) is 0 Å². The SMILES string of the molecule is CC(NCC(=O)N(C)C)c1nccs1. The number of carbonyl (C=O) groups is 1. The number of hydrogen-bond donors (Lipinski definition) is 1. The van der Waals surface area contributed by atoms with Crippen molar-refractivity contribution in [1.82, 2.24) is 15.2 Å². The Morgan fingerprint density at radius 2 is 2.43 bits per heavy atom. The Kier molecular flexibility index (Phi) is 4.03. The number of nitrogens with zero attached hydrogens (tertiary/aromatic N) is 2. The van der Waals surface area contributed by atoms with Crippen LogP contribution in [-0.4, -0.2) is 36.4 Å². The molecule has 1 aromatic rings. The highest BCUT2D eigenvalue weighted by molar-refractivity contribution is 7.09. The molecule has 0 bridgehead atoms. The zero-order chi connectivity index (χ0) is 10.6. The van der Waals surface area contributed by atoms with Gasteiger partial charge < -0.3 is 4.90 Å². The number of nitrogens with one attached hydrogen (secondary N) is 1. The summed E-state index contributed by atoms with van der Waals surface area (Å²) in [5, 5.41) is 6.07. The number of aromatic nitrogens is 1. The molecular formula is C9H15N3OS. The van der Waals surface area contributed by atoms with Crippen LogP contribution in [0.2, 0.25) is 0 Å². The summed E-state index contributed by atoms with van der Waals surface area (Å²) in [6.45, 7) is 2.36. The van der Waals surface area contributed by atoms with E-state index >= 15 is 0 Å². The fraction of sp³-hybridized carbons (Fsp3) is 0.556. The molecule has 0 aliphatic heterocycles. The summed E-state index contributed by atoms with van der Waals surface area (Å²) >= 11 is 1.59. The molecule has 1 N–H and O–H groups in total. The third kappa shape index (κ3) is 3.08. The van der Waals surface area contributed by atoms with Crippen molar-refractivity contribution in [3.05, 3.63) is 16.6 Å². The second-order valence-corrected chi connectivity index (χ2v) is 4.19. The van der Waals surface area contributed by atoms with Crippen molar-refractivity contribution in [3.63, 3.8) is 0 Å². The normalized spacial score (nSPS) is 12.5. The van der Waals surface area contributed by atoms with Gasteiger partial charge in [0.2, 0.25) is 5.91 Å². The minimum atomic E-state index is 0.0772. The summed E-state index contributed by atoms with van der Waals surface area (Å²) in [6.07, 6.45) is 1.77. The molecule has 4 nitrogen and oxygen atoms in total. The van der Waals surface area contributed by atoms with Crippen LogP contribution in [0.4, 0.5) is 0 Å². The van der Waals surface area contributed by atoms with Gasteiger partial charge in [0.05, 0.1) is 12.6 Å². The van der Waals surface area contributed by atoms with Crippen LogP contribution < -0.4 is 5.32 Å². The van der Waals surface area contributed by atoms with Crippen molar-refractivity contribution in [2.45, 2.75) is 13.0 Å². The van der Waals surface area contributed by atoms with Gasteiger partial charge in [0, 0.05) is 25.7 Å². The van der Waals surface area contributed by atoms with Gasteiger partial charge >= 0.3 is 0 Å². The van der Waals surface area contributed by atoms with E-state index in [1.54, 1.807) is 36.5 Å². The molecule has 1 unspecified atom stereocenters. The number of carbonyl (C=O) groups excluding carboxylic acids is 1. The minimum Gasteiger partial charge on any atom is -0.348 e. The largest absolute Gasteiger partial charge is 0.348 e. The van der Waals surface area contributed by atoms with Gasteiger partial charge in [-0.05, 0) is 6.92 Å². The standard InChI is InChI=1S/C9H15N3OS/c1-7(9-10-4-5-14-9)11-6-8(13)12(2)3/h4-5,7,11H,6H2,1-3H3. The van der Waals surface area contributed by atoms with E-state index in [0.29, 0.717) is 6.54 Å². The summed E-state index contributed by atoms with van der Waals surface area (Å²) in [5.74, 6) is 0.0772. The fourth-order valence-electron chi connectivity index (χ4n) is 0.934. The van der Waals surface area contributed by atoms with E-state index in [4.69, 9.17) is 0 Å². The number of likely N-dealkylation sites (N-methyl/N-ethyl adjacent to an activating group) is 1. The van der Waals surface area contributed by atoms with Gasteiger partial charge in [0.15, 0.2) is 0 Å². The molecule has 1 heterocycles. The first-order valence-electron chi connectivity index (χ1n) is 4.44. The van der Waals surface area contributed by atoms with Crippen LogP contribution >= 0.6 is 11.3 Å². The van der Waals surface area contributed by atoms with E-state index < -0.39 is 0 Å². The van der Waals surface area contributed by atoms with E-state index in [1.165, 1.54) is 0 Å². The third-order valence-corrected chi connectivity index (χ3v) is 2.84. The number of thiazole rings is 1. The van der Waals surface area contributed by atoms with E-state index in [1.807, 2.05) is 12.3 Å². The van der Waals surface area contributed by atoms with Crippen molar-refractivity contribution in [1.29, 1.82) is 0 Å². The quantitative estimate of drug-likeness (QED) is 0.807. The Hall–Kier alpha value is -0.940. The highest BCUT2D eigenvalue weighted by Gasteiger charge is 2.10. The lowest BCUT2D eigenvalue weighted by molar-refractivity contribution is -0.127. The molecule has 0 aromatic carbocycles. The average molecular weight is 213 g/mol. The van der Waals surface area contributed by atoms with Gasteiger partial charge in [-0.25, -0.2) is 4.98 Å². The molecule has 0 spiro atoms. The first-order valence-corrected chi connectivity index (χ1v) is 5.32. The maximum Gasteiger partial charge on any atom is 0.236 e. The summed E-state index contributed by atoms with van der Waals surface area (Å²) in [5.41, 5.74) is 0. The topological polar surface area (TPSA) is 45.2 Å². The smallest absolute Gasteiger partial charge is 0.236 e. The third-order valence-electron chi connectivity index (χ3n) is 1.88. The minimum absolute atomic E-state index is 0.0772. The van der Waals surface area contributed by atoms with Crippen LogP contribution in [0.1, 0.15) is 18.0 Å². The second-order valence-electron chi connectivity index (χ2n) is 3.26. The van der Waals surface area contributed by atoms with Gasteiger partial charge in [-0.1, -0.05) is 0 Å². The predicted octanol–water partition coefficient (Wildman–Crippen LogP) is 0.882. The summed E-state index contributed by atoms with van der Waals surface area (Å²) in [7, 11) is 3.50. The first-order chi connectivity index (χ1) is 6.61. The molecule has 1 aromatic heterocycles. The van der Waals surface area contributed by atoms with Crippen molar-refractivity contribution >= 4 is 17.2 Å². The van der Waals surface area contributed by atoms with Crippen molar-refractivity contribution in [2.24, 2.45) is 0 Å². The summed E-state index contributed by atoms with van der Waals surface area (Å²) in [6, 6.07) is 0.138. The zero-order valence-electron chi connectivity index (χ0n) is 8.65. The Balaban J connectivity index is 2.36. The monoisotopic (exact) mass is 213 g/mol. The van der Waals surface area contributed by atoms with Gasteiger partial charge in [-0.3, -0.25) is 10.1 Å². The molecule has 0 saturated carbocycles. The van der Waals surface area contributed by atoms with Crippen molar-refractivity contribution in [2.75, 3.05) is 20.6 Å². The number of amides is 1. The van der Waals surface area contributed by atoms with E-state index in [-0.39, 0.29) is 11.9 Å². The molecule has 14 heavy (non-hydrogen) atoms. The molecule has 0 aliphatic rings. The molecule has 1 rings (SSSR count). The van der Waals surface area contributed by atoms with E-state index in [2.05, 4.69) is 10.3 Å². The Morgan fingerprint density at radius 1 is 1.71 bits per heavy atom. The molecule has 5 heteroatoms. The molecule has 0 radical (unpaired) electrons. The average Bonchev–Trinajstić information content (AvgIpc) is 2.66. The van der Waals surface area contributed by atoms with Crippen LogP contribution in [0, 0.1) is 0 Å². The summed E-state index contributed by atoms with van der Waals surface area (Å²) in [4.78, 5) is 17.0. The molecule has 0 saturated heterocycles. The van der Waals surface area contributed by atoms with Gasteiger partial charge in [0.25, 0.3) is 0 Å². The van der Waals surface area contributed by atoms with Crippen LogP contribution in [0.25, 0.3) is 0 Å². The Labute approximate surface area is 88.0 Å². The molecule has 78 valence electrons. The van der Waals surface area contributed by atoms with Gasteiger partial charge in [0.1, 0.15) is 5.01 Å². The first kappa shape index (κ1) is 11.1. The number of rotatable bonds is 4. The molecule has 1 atom stereocenters.